The molecule has 0 spiro atoms. The van der Waals surface area contributed by atoms with E-state index < -0.39 is 0 Å². The minimum absolute atomic E-state index is 0.189. The first-order valence-electron chi connectivity index (χ1n) is 6.80. The minimum atomic E-state index is 0.189. The van der Waals surface area contributed by atoms with Gasteiger partial charge in [0, 0.05) is 17.6 Å². The SMILES string of the molecule is CN1CCOC(c2ccc(-c3[c]ccc(Br)c3)cc2)C1. The van der Waals surface area contributed by atoms with E-state index in [1.54, 1.807) is 0 Å². The van der Waals surface area contributed by atoms with Crippen LogP contribution in [-0.2, 0) is 4.74 Å². The van der Waals surface area contributed by atoms with Crippen molar-refractivity contribution in [1.29, 1.82) is 0 Å². The molecule has 0 bridgehead atoms. The predicted octanol–water partition coefficient (Wildman–Crippen LogP) is 3.92. The second kappa shape index (κ2) is 6.08. The van der Waals surface area contributed by atoms with Gasteiger partial charge in [-0.2, -0.15) is 0 Å². The molecular weight excluding hydrogens is 314 g/mol. The molecule has 1 aliphatic rings. The number of morpholine rings is 1. The standard InChI is InChI=1S/C17H17BrNO/c1-19-9-10-20-17(12-19)14-7-5-13(6-8-14)15-3-2-4-16(18)11-15/h2,4-8,11,17H,9-10,12H2,1H3. The van der Waals surface area contributed by atoms with Crippen LogP contribution in [0, 0.1) is 6.07 Å². The Morgan fingerprint density at radius 3 is 2.75 bits per heavy atom. The molecule has 0 saturated carbocycles. The zero-order valence-corrected chi connectivity index (χ0v) is 13.1. The van der Waals surface area contributed by atoms with E-state index in [9.17, 15) is 0 Å². The smallest absolute Gasteiger partial charge is 0.0952 e. The Bertz CT molecular complexity index is 582. The van der Waals surface area contributed by atoms with Crippen LogP contribution in [0.1, 0.15) is 11.7 Å². The molecule has 0 amide bonds. The molecule has 1 fully saturated rings. The molecule has 1 aliphatic heterocycles. The second-order valence-corrected chi connectivity index (χ2v) is 6.08. The van der Waals surface area contributed by atoms with Gasteiger partial charge in [-0.25, -0.2) is 0 Å². The molecule has 0 N–H and O–H groups in total. The van der Waals surface area contributed by atoms with Crippen molar-refractivity contribution in [1.82, 2.24) is 4.90 Å². The van der Waals surface area contributed by atoms with E-state index in [1.807, 2.05) is 12.1 Å². The van der Waals surface area contributed by atoms with Gasteiger partial charge in [0.1, 0.15) is 0 Å². The van der Waals surface area contributed by atoms with Gasteiger partial charge in [0.05, 0.1) is 12.7 Å². The zero-order valence-electron chi connectivity index (χ0n) is 11.5. The highest BCUT2D eigenvalue weighted by atomic mass is 79.9. The molecule has 0 aliphatic carbocycles. The van der Waals surface area contributed by atoms with Gasteiger partial charge < -0.3 is 9.64 Å². The van der Waals surface area contributed by atoms with Gasteiger partial charge in [-0.15, -0.1) is 0 Å². The molecule has 2 nitrogen and oxygen atoms in total. The van der Waals surface area contributed by atoms with E-state index in [0.717, 1.165) is 29.7 Å². The third kappa shape index (κ3) is 3.11. The van der Waals surface area contributed by atoms with Crippen molar-refractivity contribution in [3.05, 3.63) is 58.6 Å². The summed E-state index contributed by atoms with van der Waals surface area (Å²) in [6, 6.07) is 17.9. The highest BCUT2D eigenvalue weighted by Crippen LogP contribution is 2.26. The fraction of sp³-hybridized carbons (Fsp3) is 0.294. The van der Waals surface area contributed by atoms with Crippen molar-refractivity contribution in [2.24, 2.45) is 0 Å². The number of ether oxygens (including phenoxy) is 1. The molecule has 20 heavy (non-hydrogen) atoms. The highest BCUT2D eigenvalue weighted by Gasteiger charge is 2.19. The lowest BCUT2D eigenvalue weighted by Crippen LogP contribution is -2.35. The van der Waals surface area contributed by atoms with Crippen LogP contribution in [-0.4, -0.2) is 31.6 Å². The average molecular weight is 331 g/mol. The maximum Gasteiger partial charge on any atom is 0.0952 e. The van der Waals surface area contributed by atoms with Crippen LogP contribution < -0.4 is 0 Å². The number of benzene rings is 2. The summed E-state index contributed by atoms with van der Waals surface area (Å²) in [5, 5.41) is 0. The number of hydrogen-bond donors (Lipinski definition) is 0. The van der Waals surface area contributed by atoms with Gasteiger partial charge in [-0.3, -0.25) is 0 Å². The van der Waals surface area contributed by atoms with Gasteiger partial charge in [0.15, 0.2) is 0 Å². The van der Waals surface area contributed by atoms with E-state index in [4.69, 9.17) is 4.74 Å². The van der Waals surface area contributed by atoms with Crippen molar-refractivity contribution in [3.8, 4) is 11.1 Å². The van der Waals surface area contributed by atoms with Gasteiger partial charge in [0.2, 0.25) is 0 Å². The molecule has 103 valence electrons. The van der Waals surface area contributed by atoms with Crippen LogP contribution >= 0.6 is 15.9 Å². The summed E-state index contributed by atoms with van der Waals surface area (Å²) in [6.45, 7) is 2.78. The number of likely N-dealkylation sites (N-methyl/N-ethyl adjacent to an activating group) is 1. The van der Waals surface area contributed by atoms with E-state index >= 15 is 0 Å². The van der Waals surface area contributed by atoms with Crippen LogP contribution in [0.2, 0.25) is 0 Å². The lowest BCUT2D eigenvalue weighted by Gasteiger charge is -2.30. The van der Waals surface area contributed by atoms with Gasteiger partial charge >= 0.3 is 0 Å². The Kier molecular flexibility index (Phi) is 4.20. The molecule has 3 rings (SSSR count). The quantitative estimate of drug-likeness (QED) is 0.827. The minimum Gasteiger partial charge on any atom is -0.371 e. The molecule has 1 heterocycles. The summed E-state index contributed by atoms with van der Waals surface area (Å²) >= 11 is 3.50. The molecule has 1 unspecified atom stereocenters. The molecule has 0 aromatic heterocycles. The molecule has 1 atom stereocenters. The predicted molar refractivity (Wildman–Crippen MR) is 84.6 cm³/mol. The Morgan fingerprint density at radius 2 is 2.05 bits per heavy atom. The van der Waals surface area contributed by atoms with Crippen molar-refractivity contribution >= 4 is 15.9 Å². The summed E-state index contributed by atoms with van der Waals surface area (Å²) in [5.41, 5.74) is 3.53. The Balaban J connectivity index is 1.80. The molecule has 2 aromatic carbocycles. The fourth-order valence-electron chi connectivity index (χ4n) is 2.46. The third-order valence-corrected chi connectivity index (χ3v) is 4.12. The highest BCUT2D eigenvalue weighted by molar-refractivity contribution is 9.10. The lowest BCUT2D eigenvalue weighted by atomic mass is 10.0. The van der Waals surface area contributed by atoms with Crippen molar-refractivity contribution in [3.63, 3.8) is 0 Å². The van der Waals surface area contributed by atoms with E-state index in [2.05, 4.69) is 64.3 Å². The fourth-order valence-corrected chi connectivity index (χ4v) is 2.82. The molecule has 1 radical (unpaired) electrons. The molecule has 2 aromatic rings. The van der Waals surface area contributed by atoms with Crippen LogP contribution in [0.3, 0.4) is 0 Å². The van der Waals surface area contributed by atoms with Crippen LogP contribution in [0.5, 0.6) is 0 Å². The van der Waals surface area contributed by atoms with Crippen molar-refractivity contribution < 1.29 is 4.74 Å². The third-order valence-electron chi connectivity index (χ3n) is 3.63. The maximum atomic E-state index is 5.84. The first-order chi connectivity index (χ1) is 9.72. The lowest BCUT2D eigenvalue weighted by molar-refractivity contribution is -0.0208. The van der Waals surface area contributed by atoms with E-state index in [0.29, 0.717) is 0 Å². The summed E-state index contributed by atoms with van der Waals surface area (Å²) in [7, 11) is 2.14. The topological polar surface area (TPSA) is 12.5 Å². The average Bonchev–Trinajstić information content (AvgIpc) is 2.47. The first kappa shape index (κ1) is 13.8. The van der Waals surface area contributed by atoms with Crippen LogP contribution in [0.4, 0.5) is 0 Å². The second-order valence-electron chi connectivity index (χ2n) is 5.16. The number of hydrogen-bond acceptors (Lipinski definition) is 2. The zero-order chi connectivity index (χ0) is 13.9. The molecular formula is C17H17BrNO. The summed E-state index contributed by atoms with van der Waals surface area (Å²) in [5.74, 6) is 0. The van der Waals surface area contributed by atoms with Gasteiger partial charge in [-0.05, 0) is 41.9 Å². The Morgan fingerprint density at radius 1 is 1.25 bits per heavy atom. The molecule has 3 heteroatoms. The maximum absolute atomic E-state index is 5.84. The van der Waals surface area contributed by atoms with E-state index in [-0.39, 0.29) is 6.10 Å². The summed E-state index contributed by atoms with van der Waals surface area (Å²) in [4.78, 5) is 2.31. The van der Waals surface area contributed by atoms with Gasteiger partial charge in [0.25, 0.3) is 0 Å². The number of halogens is 1. The first-order valence-corrected chi connectivity index (χ1v) is 7.59. The Labute approximate surface area is 128 Å². The monoisotopic (exact) mass is 330 g/mol. The van der Waals surface area contributed by atoms with Crippen LogP contribution in [0.15, 0.2) is 46.9 Å². The normalized spacial score (nSPS) is 20.0. The largest absolute Gasteiger partial charge is 0.371 e. The number of rotatable bonds is 2. The van der Waals surface area contributed by atoms with Crippen molar-refractivity contribution in [2.45, 2.75) is 6.10 Å². The Hall–Kier alpha value is -1.16. The van der Waals surface area contributed by atoms with Gasteiger partial charge in [-0.1, -0.05) is 46.3 Å². The van der Waals surface area contributed by atoms with Crippen molar-refractivity contribution in [2.75, 3.05) is 26.7 Å². The van der Waals surface area contributed by atoms with Crippen LogP contribution in [0.25, 0.3) is 11.1 Å². The summed E-state index contributed by atoms with van der Waals surface area (Å²) < 4.78 is 6.92. The number of nitrogens with zero attached hydrogens (tertiary/aromatic N) is 1. The summed E-state index contributed by atoms with van der Waals surface area (Å²) in [6.07, 6.45) is 0.189. The van der Waals surface area contributed by atoms with E-state index in [1.165, 1.54) is 11.1 Å². The molecule has 1 saturated heterocycles.